The number of terminal acetylenes is 1. The maximum Gasteiger partial charge on any atom is 0.471 e. The average Bonchev–Trinajstić information content (AvgIpc) is 2.17. The second kappa shape index (κ2) is 4.53. The lowest BCUT2D eigenvalue weighted by molar-refractivity contribution is -0.186. The summed E-state index contributed by atoms with van der Waals surface area (Å²) in [5, 5.41) is 0. The molecule has 0 atom stereocenters. The maximum absolute atomic E-state index is 12.0. The third-order valence-electron chi connectivity index (χ3n) is 2.22. The fraction of sp³-hybridized carbons (Fsp3) is 0.667. The first kappa shape index (κ1) is 11.9. The molecule has 0 spiro atoms. The van der Waals surface area contributed by atoms with E-state index in [1.807, 2.05) is 4.90 Å². The zero-order chi connectivity index (χ0) is 11.5. The quantitative estimate of drug-likeness (QED) is 0.594. The van der Waals surface area contributed by atoms with Crippen molar-refractivity contribution in [2.24, 2.45) is 0 Å². The minimum absolute atomic E-state index is 0.0834. The number of carbonyl (C=O) groups is 1. The Hall–Kier alpha value is -1.22. The number of carbonyl (C=O) groups excluding carboxylic acids is 1. The third kappa shape index (κ3) is 3.13. The van der Waals surface area contributed by atoms with Gasteiger partial charge in [0, 0.05) is 26.2 Å². The maximum atomic E-state index is 12.0. The van der Waals surface area contributed by atoms with Crippen molar-refractivity contribution in [1.82, 2.24) is 9.80 Å². The zero-order valence-electron chi connectivity index (χ0n) is 8.05. The number of piperazine rings is 1. The van der Waals surface area contributed by atoms with Gasteiger partial charge >= 0.3 is 12.1 Å². The van der Waals surface area contributed by atoms with Crippen LogP contribution in [0.5, 0.6) is 0 Å². The minimum atomic E-state index is -4.77. The van der Waals surface area contributed by atoms with Crippen molar-refractivity contribution >= 4 is 5.91 Å². The van der Waals surface area contributed by atoms with Crippen molar-refractivity contribution in [3.63, 3.8) is 0 Å². The molecule has 0 bridgehead atoms. The Bertz CT molecular complexity index is 274. The van der Waals surface area contributed by atoms with Crippen LogP contribution in [0.4, 0.5) is 13.2 Å². The number of amides is 1. The van der Waals surface area contributed by atoms with E-state index in [1.54, 1.807) is 0 Å². The van der Waals surface area contributed by atoms with Gasteiger partial charge in [-0.3, -0.25) is 9.69 Å². The highest BCUT2D eigenvalue weighted by Crippen LogP contribution is 2.19. The van der Waals surface area contributed by atoms with Crippen LogP contribution in [0.1, 0.15) is 0 Å². The van der Waals surface area contributed by atoms with E-state index in [1.165, 1.54) is 0 Å². The molecule has 1 aliphatic rings. The molecule has 3 nitrogen and oxygen atoms in total. The zero-order valence-corrected chi connectivity index (χ0v) is 8.05. The predicted octanol–water partition coefficient (Wildman–Crippen LogP) is 0.326. The lowest BCUT2D eigenvalue weighted by Gasteiger charge is -2.33. The average molecular weight is 220 g/mol. The molecule has 1 heterocycles. The first-order valence-electron chi connectivity index (χ1n) is 4.47. The van der Waals surface area contributed by atoms with Crippen molar-refractivity contribution in [3.8, 4) is 12.3 Å². The molecule has 0 aromatic carbocycles. The van der Waals surface area contributed by atoms with Crippen molar-refractivity contribution in [2.75, 3.05) is 32.7 Å². The summed E-state index contributed by atoms with van der Waals surface area (Å²) in [5.74, 6) is 0.651. The number of hydrogen-bond acceptors (Lipinski definition) is 2. The largest absolute Gasteiger partial charge is 0.471 e. The SMILES string of the molecule is C#CCN1CCN(C(=O)C(F)(F)F)CC1. The van der Waals surface area contributed by atoms with Gasteiger partial charge in [-0.05, 0) is 0 Å². The van der Waals surface area contributed by atoms with Crippen LogP contribution >= 0.6 is 0 Å². The molecule has 0 aliphatic carbocycles. The fourth-order valence-electron chi connectivity index (χ4n) is 1.42. The molecule has 6 heteroatoms. The summed E-state index contributed by atoms with van der Waals surface area (Å²) in [6.07, 6.45) is 0.301. The van der Waals surface area contributed by atoms with Crippen LogP contribution in [0, 0.1) is 12.3 Å². The highest BCUT2D eigenvalue weighted by Gasteiger charge is 2.42. The van der Waals surface area contributed by atoms with Crippen LogP contribution in [0.3, 0.4) is 0 Å². The van der Waals surface area contributed by atoms with E-state index in [0.717, 1.165) is 4.90 Å². The number of hydrogen-bond donors (Lipinski definition) is 0. The van der Waals surface area contributed by atoms with E-state index in [0.29, 0.717) is 19.6 Å². The summed E-state index contributed by atoms with van der Waals surface area (Å²) >= 11 is 0. The molecule has 0 aromatic rings. The Morgan fingerprint density at radius 3 is 2.20 bits per heavy atom. The first-order valence-corrected chi connectivity index (χ1v) is 4.47. The summed E-state index contributed by atoms with van der Waals surface area (Å²) in [4.78, 5) is 13.5. The van der Waals surface area contributed by atoms with Crippen molar-refractivity contribution in [1.29, 1.82) is 0 Å². The van der Waals surface area contributed by atoms with E-state index in [9.17, 15) is 18.0 Å². The highest BCUT2D eigenvalue weighted by molar-refractivity contribution is 5.81. The van der Waals surface area contributed by atoms with E-state index in [2.05, 4.69) is 5.92 Å². The Kier molecular flexibility index (Phi) is 3.58. The van der Waals surface area contributed by atoms with Gasteiger partial charge in [0.1, 0.15) is 0 Å². The second-order valence-electron chi connectivity index (χ2n) is 3.27. The van der Waals surface area contributed by atoms with Crippen LogP contribution in [-0.4, -0.2) is 54.6 Å². The van der Waals surface area contributed by atoms with Crippen LogP contribution in [0.2, 0.25) is 0 Å². The molecule has 1 saturated heterocycles. The van der Waals surface area contributed by atoms with E-state index >= 15 is 0 Å². The minimum Gasteiger partial charge on any atom is -0.332 e. The summed E-state index contributed by atoms with van der Waals surface area (Å²) in [5.41, 5.74) is 0. The Morgan fingerprint density at radius 2 is 1.80 bits per heavy atom. The number of alkyl halides is 3. The molecule has 1 fully saturated rings. The molecule has 1 amide bonds. The van der Waals surface area contributed by atoms with Crippen molar-refractivity contribution in [2.45, 2.75) is 6.18 Å². The van der Waals surface area contributed by atoms with E-state index in [-0.39, 0.29) is 13.1 Å². The molecule has 15 heavy (non-hydrogen) atoms. The number of nitrogens with zero attached hydrogens (tertiary/aromatic N) is 2. The predicted molar refractivity (Wildman–Crippen MR) is 47.9 cm³/mol. The van der Waals surface area contributed by atoms with E-state index in [4.69, 9.17) is 6.42 Å². The summed E-state index contributed by atoms with van der Waals surface area (Å²) < 4.78 is 36.1. The Labute approximate surface area is 85.8 Å². The smallest absolute Gasteiger partial charge is 0.332 e. The van der Waals surface area contributed by atoms with Gasteiger partial charge in [0.05, 0.1) is 6.54 Å². The summed E-state index contributed by atoms with van der Waals surface area (Å²) in [6.45, 7) is 1.37. The lowest BCUT2D eigenvalue weighted by Crippen LogP contribution is -2.52. The monoisotopic (exact) mass is 220 g/mol. The molecule has 0 aromatic heterocycles. The number of halogens is 3. The van der Waals surface area contributed by atoms with Gasteiger partial charge in [0.15, 0.2) is 0 Å². The van der Waals surface area contributed by atoms with Gasteiger partial charge in [0.2, 0.25) is 0 Å². The molecule has 0 radical (unpaired) electrons. The van der Waals surface area contributed by atoms with Gasteiger partial charge in [-0.15, -0.1) is 6.42 Å². The molecule has 0 unspecified atom stereocenters. The summed E-state index contributed by atoms with van der Waals surface area (Å²) in [7, 11) is 0. The molecule has 1 aliphatic heterocycles. The Balaban J connectivity index is 2.45. The van der Waals surface area contributed by atoms with Gasteiger partial charge in [-0.1, -0.05) is 5.92 Å². The fourth-order valence-corrected chi connectivity index (χ4v) is 1.42. The van der Waals surface area contributed by atoms with Gasteiger partial charge < -0.3 is 4.90 Å². The first-order chi connectivity index (χ1) is 6.95. The molecule has 84 valence electrons. The van der Waals surface area contributed by atoms with Crippen LogP contribution in [-0.2, 0) is 4.79 Å². The molecule has 0 saturated carbocycles. The highest BCUT2D eigenvalue weighted by atomic mass is 19.4. The van der Waals surface area contributed by atoms with Crippen LogP contribution in [0.25, 0.3) is 0 Å². The molecular formula is C9H11F3N2O. The Morgan fingerprint density at radius 1 is 1.27 bits per heavy atom. The lowest BCUT2D eigenvalue weighted by atomic mass is 10.3. The van der Waals surface area contributed by atoms with Crippen molar-refractivity contribution in [3.05, 3.63) is 0 Å². The molecular weight excluding hydrogens is 209 g/mol. The van der Waals surface area contributed by atoms with Crippen molar-refractivity contribution < 1.29 is 18.0 Å². The number of rotatable bonds is 1. The third-order valence-corrected chi connectivity index (χ3v) is 2.22. The van der Waals surface area contributed by atoms with Gasteiger partial charge in [-0.2, -0.15) is 13.2 Å². The molecule has 1 rings (SSSR count). The van der Waals surface area contributed by atoms with E-state index < -0.39 is 12.1 Å². The van der Waals surface area contributed by atoms with Crippen LogP contribution < -0.4 is 0 Å². The standard InChI is InChI=1S/C9H11F3N2O/c1-2-3-13-4-6-14(7-5-13)8(15)9(10,11)12/h1H,3-7H2. The molecule has 0 N–H and O–H groups in total. The van der Waals surface area contributed by atoms with Crippen LogP contribution in [0.15, 0.2) is 0 Å². The topological polar surface area (TPSA) is 23.6 Å². The normalized spacial score (nSPS) is 18.7. The van der Waals surface area contributed by atoms with Gasteiger partial charge in [0.25, 0.3) is 0 Å². The second-order valence-corrected chi connectivity index (χ2v) is 3.27. The summed E-state index contributed by atoms with van der Waals surface area (Å²) in [6, 6.07) is 0. The van der Waals surface area contributed by atoms with Gasteiger partial charge in [-0.25, -0.2) is 0 Å².